The largest absolute Gasteiger partial charge is 0.478 e. The Balaban J connectivity index is 2.10. The van der Waals surface area contributed by atoms with Crippen molar-refractivity contribution in [2.45, 2.75) is 13.3 Å². The number of hydrogen-bond donors (Lipinski definition) is 3. The molecule has 1 fully saturated rings. The SMILES string of the molecule is Cc1[nH]cc(NC(=O)C2CCN(C)C2)c1C(=O)O. The first-order valence-electron chi connectivity index (χ1n) is 5.89. The lowest BCUT2D eigenvalue weighted by Gasteiger charge is -2.11. The number of amides is 1. The molecule has 1 saturated heterocycles. The third kappa shape index (κ3) is 2.38. The van der Waals surface area contributed by atoms with Crippen molar-refractivity contribution < 1.29 is 14.7 Å². The van der Waals surface area contributed by atoms with E-state index < -0.39 is 5.97 Å². The number of aromatic carboxylic acids is 1. The van der Waals surface area contributed by atoms with Crippen molar-refractivity contribution in [2.24, 2.45) is 5.92 Å². The second-order valence-electron chi connectivity index (χ2n) is 4.74. The second kappa shape index (κ2) is 4.81. The molecular formula is C12H17N3O3. The van der Waals surface area contributed by atoms with Crippen LogP contribution in [0.1, 0.15) is 22.5 Å². The number of carbonyl (C=O) groups excluding carboxylic acids is 1. The Hall–Kier alpha value is -1.82. The molecule has 0 bridgehead atoms. The summed E-state index contributed by atoms with van der Waals surface area (Å²) in [6, 6.07) is 0. The number of aromatic amines is 1. The Kier molecular flexibility index (Phi) is 3.38. The molecule has 6 heteroatoms. The minimum absolute atomic E-state index is 0.0631. The summed E-state index contributed by atoms with van der Waals surface area (Å²) in [5.41, 5.74) is 1.02. The molecule has 0 radical (unpaired) electrons. The molecule has 1 unspecified atom stereocenters. The molecule has 2 rings (SSSR count). The van der Waals surface area contributed by atoms with Gasteiger partial charge < -0.3 is 20.3 Å². The van der Waals surface area contributed by atoms with Gasteiger partial charge in [-0.1, -0.05) is 0 Å². The van der Waals surface area contributed by atoms with E-state index in [1.165, 1.54) is 6.20 Å². The molecule has 18 heavy (non-hydrogen) atoms. The van der Waals surface area contributed by atoms with Gasteiger partial charge in [-0.3, -0.25) is 4.79 Å². The number of likely N-dealkylation sites (tertiary alicyclic amines) is 1. The van der Waals surface area contributed by atoms with Crippen LogP contribution in [0.3, 0.4) is 0 Å². The number of H-pyrrole nitrogens is 1. The summed E-state index contributed by atoms with van der Waals surface area (Å²) >= 11 is 0. The van der Waals surface area contributed by atoms with Crippen molar-refractivity contribution in [3.8, 4) is 0 Å². The first kappa shape index (κ1) is 12.6. The lowest BCUT2D eigenvalue weighted by molar-refractivity contribution is -0.119. The van der Waals surface area contributed by atoms with Gasteiger partial charge in [0.25, 0.3) is 0 Å². The number of hydrogen-bond acceptors (Lipinski definition) is 3. The maximum absolute atomic E-state index is 12.0. The Morgan fingerprint density at radius 2 is 2.28 bits per heavy atom. The fourth-order valence-corrected chi connectivity index (χ4v) is 2.28. The number of nitrogens with zero attached hydrogens (tertiary/aromatic N) is 1. The van der Waals surface area contributed by atoms with Gasteiger partial charge in [-0.2, -0.15) is 0 Å². The van der Waals surface area contributed by atoms with E-state index in [1.54, 1.807) is 6.92 Å². The second-order valence-corrected chi connectivity index (χ2v) is 4.74. The molecule has 1 aromatic rings. The van der Waals surface area contributed by atoms with E-state index in [0.29, 0.717) is 11.4 Å². The summed E-state index contributed by atoms with van der Waals surface area (Å²) in [4.78, 5) is 28.0. The summed E-state index contributed by atoms with van der Waals surface area (Å²) in [7, 11) is 1.97. The molecule has 2 heterocycles. The van der Waals surface area contributed by atoms with Gasteiger partial charge in [0.05, 0.1) is 11.6 Å². The monoisotopic (exact) mass is 251 g/mol. The number of aromatic nitrogens is 1. The molecule has 1 amide bonds. The highest BCUT2D eigenvalue weighted by Gasteiger charge is 2.27. The molecule has 1 aromatic heterocycles. The maximum Gasteiger partial charge on any atom is 0.339 e. The van der Waals surface area contributed by atoms with Crippen LogP contribution in [0.2, 0.25) is 0 Å². The van der Waals surface area contributed by atoms with Gasteiger partial charge in [-0.25, -0.2) is 4.79 Å². The van der Waals surface area contributed by atoms with Crippen LogP contribution in [0.4, 0.5) is 5.69 Å². The summed E-state index contributed by atoms with van der Waals surface area (Å²) in [6.07, 6.45) is 2.34. The number of carboxylic acids is 1. The smallest absolute Gasteiger partial charge is 0.339 e. The quantitative estimate of drug-likeness (QED) is 0.745. The van der Waals surface area contributed by atoms with Gasteiger partial charge in [0.15, 0.2) is 0 Å². The van der Waals surface area contributed by atoms with Crippen LogP contribution in [0.25, 0.3) is 0 Å². The van der Waals surface area contributed by atoms with E-state index in [-0.39, 0.29) is 17.4 Å². The first-order valence-corrected chi connectivity index (χ1v) is 5.89. The normalized spacial score (nSPS) is 20.0. The predicted molar refractivity (Wildman–Crippen MR) is 66.7 cm³/mol. The zero-order chi connectivity index (χ0) is 13.3. The summed E-state index contributed by atoms with van der Waals surface area (Å²) in [6.45, 7) is 3.29. The third-order valence-corrected chi connectivity index (χ3v) is 3.31. The summed E-state index contributed by atoms with van der Waals surface area (Å²) < 4.78 is 0. The van der Waals surface area contributed by atoms with Crippen LogP contribution >= 0.6 is 0 Å². The van der Waals surface area contributed by atoms with Crippen LogP contribution in [0, 0.1) is 12.8 Å². The Morgan fingerprint density at radius 3 is 2.83 bits per heavy atom. The van der Waals surface area contributed by atoms with E-state index in [1.807, 2.05) is 7.05 Å². The number of carbonyl (C=O) groups is 2. The fourth-order valence-electron chi connectivity index (χ4n) is 2.28. The van der Waals surface area contributed by atoms with E-state index in [2.05, 4.69) is 15.2 Å². The molecule has 0 aliphatic carbocycles. The number of rotatable bonds is 3. The molecule has 0 aromatic carbocycles. The molecule has 6 nitrogen and oxygen atoms in total. The number of anilines is 1. The molecule has 98 valence electrons. The highest BCUT2D eigenvalue weighted by Crippen LogP contribution is 2.22. The highest BCUT2D eigenvalue weighted by molar-refractivity contribution is 6.02. The fraction of sp³-hybridized carbons (Fsp3) is 0.500. The maximum atomic E-state index is 12.0. The van der Waals surface area contributed by atoms with Crippen LogP contribution in [0.15, 0.2) is 6.20 Å². The van der Waals surface area contributed by atoms with Crippen LogP contribution in [-0.2, 0) is 4.79 Å². The molecule has 0 spiro atoms. The van der Waals surface area contributed by atoms with Crippen molar-refractivity contribution in [1.82, 2.24) is 9.88 Å². The number of aryl methyl sites for hydroxylation is 1. The molecule has 0 saturated carbocycles. The number of carboxylic acid groups (broad SMARTS) is 1. The van der Waals surface area contributed by atoms with Gasteiger partial charge in [0.2, 0.25) is 5.91 Å². The van der Waals surface area contributed by atoms with Crippen molar-refractivity contribution in [3.63, 3.8) is 0 Å². The molecule has 1 aliphatic heterocycles. The average molecular weight is 251 g/mol. The van der Waals surface area contributed by atoms with Crippen LogP contribution < -0.4 is 5.32 Å². The van der Waals surface area contributed by atoms with E-state index in [0.717, 1.165) is 19.5 Å². The van der Waals surface area contributed by atoms with Crippen molar-refractivity contribution >= 4 is 17.6 Å². The van der Waals surface area contributed by atoms with Gasteiger partial charge in [0, 0.05) is 18.4 Å². The van der Waals surface area contributed by atoms with Gasteiger partial charge in [-0.05, 0) is 26.9 Å². The predicted octanol–water partition coefficient (Wildman–Crippen LogP) is 0.912. The van der Waals surface area contributed by atoms with Crippen molar-refractivity contribution in [3.05, 3.63) is 17.5 Å². The van der Waals surface area contributed by atoms with Crippen molar-refractivity contribution in [1.29, 1.82) is 0 Å². The molecule has 3 N–H and O–H groups in total. The first-order chi connectivity index (χ1) is 8.49. The molecule has 1 aliphatic rings. The van der Waals surface area contributed by atoms with E-state index >= 15 is 0 Å². The Morgan fingerprint density at radius 1 is 1.56 bits per heavy atom. The van der Waals surface area contributed by atoms with E-state index in [9.17, 15) is 9.59 Å². The van der Waals surface area contributed by atoms with Gasteiger partial charge >= 0.3 is 5.97 Å². The molecular weight excluding hydrogens is 234 g/mol. The van der Waals surface area contributed by atoms with Gasteiger partial charge in [0.1, 0.15) is 5.56 Å². The topological polar surface area (TPSA) is 85.4 Å². The van der Waals surface area contributed by atoms with E-state index in [4.69, 9.17) is 5.11 Å². The summed E-state index contributed by atoms with van der Waals surface area (Å²) in [5.74, 6) is -1.21. The zero-order valence-electron chi connectivity index (χ0n) is 10.5. The highest BCUT2D eigenvalue weighted by atomic mass is 16.4. The Labute approximate surface area is 105 Å². The minimum atomic E-state index is -1.03. The zero-order valence-corrected chi connectivity index (χ0v) is 10.5. The lowest BCUT2D eigenvalue weighted by Crippen LogP contribution is -2.25. The minimum Gasteiger partial charge on any atom is -0.478 e. The average Bonchev–Trinajstić information content (AvgIpc) is 2.85. The van der Waals surface area contributed by atoms with Gasteiger partial charge in [-0.15, -0.1) is 0 Å². The van der Waals surface area contributed by atoms with Crippen molar-refractivity contribution in [2.75, 3.05) is 25.5 Å². The third-order valence-electron chi connectivity index (χ3n) is 3.31. The molecule has 1 atom stereocenters. The number of nitrogens with one attached hydrogen (secondary N) is 2. The van der Waals surface area contributed by atoms with Crippen LogP contribution in [0.5, 0.6) is 0 Å². The standard InChI is InChI=1S/C12H17N3O3/c1-7-10(12(17)18)9(5-13-7)14-11(16)8-3-4-15(2)6-8/h5,8,13H,3-4,6H2,1-2H3,(H,14,16)(H,17,18). The summed E-state index contributed by atoms with van der Waals surface area (Å²) in [5, 5.41) is 11.8. The Bertz CT molecular complexity index is 481. The van der Waals surface area contributed by atoms with Crippen LogP contribution in [-0.4, -0.2) is 47.0 Å². The lowest BCUT2D eigenvalue weighted by atomic mass is 10.1.